The van der Waals surface area contributed by atoms with Gasteiger partial charge in [-0.25, -0.2) is 0 Å². The number of thiophene rings is 1. The summed E-state index contributed by atoms with van der Waals surface area (Å²) in [5.41, 5.74) is 1.66. The van der Waals surface area contributed by atoms with Gasteiger partial charge in [-0.2, -0.15) is 0 Å². The summed E-state index contributed by atoms with van der Waals surface area (Å²) in [5, 5.41) is 5.10. The van der Waals surface area contributed by atoms with Crippen LogP contribution in [0.5, 0.6) is 0 Å². The summed E-state index contributed by atoms with van der Waals surface area (Å²) >= 11 is 1.64. The fourth-order valence-electron chi connectivity index (χ4n) is 2.84. The third kappa shape index (κ3) is 5.53. The summed E-state index contributed by atoms with van der Waals surface area (Å²) in [7, 11) is 0. The Morgan fingerprint density at radius 2 is 1.96 bits per heavy atom. The van der Waals surface area contributed by atoms with Crippen molar-refractivity contribution in [2.24, 2.45) is 0 Å². The summed E-state index contributed by atoms with van der Waals surface area (Å²) in [6, 6.07) is 13.9. The number of amides is 1. The highest BCUT2D eigenvalue weighted by Gasteiger charge is 2.13. The zero-order valence-corrected chi connectivity index (χ0v) is 15.1. The fourth-order valence-corrected chi connectivity index (χ4v) is 3.50. The van der Waals surface area contributed by atoms with E-state index in [1.54, 1.807) is 11.3 Å². The number of nitrogens with zero attached hydrogens (tertiary/aromatic N) is 1. The Balaban J connectivity index is 1.58. The van der Waals surface area contributed by atoms with Gasteiger partial charge in [0, 0.05) is 30.1 Å². The summed E-state index contributed by atoms with van der Waals surface area (Å²) in [6.45, 7) is 5.29. The van der Waals surface area contributed by atoms with E-state index in [0.29, 0.717) is 6.54 Å². The number of ether oxygens (including phenoxy) is 1. The lowest BCUT2D eigenvalue weighted by Crippen LogP contribution is -2.38. The number of hydrogen-bond donors (Lipinski definition) is 1. The molecule has 1 aromatic carbocycles. The fraction of sp³-hybridized carbons (Fsp3) is 0.350. The molecule has 0 aliphatic carbocycles. The van der Waals surface area contributed by atoms with Gasteiger partial charge in [-0.15, -0.1) is 11.3 Å². The SMILES string of the molecule is O=C(NCCCN1CCOCC1)C(=Cc1cccs1)c1ccccc1. The minimum Gasteiger partial charge on any atom is -0.379 e. The third-order valence-electron chi connectivity index (χ3n) is 4.20. The minimum atomic E-state index is -0.0124. The maximum absolute atomic E-state index is 12.7. The van der Waals surface area contributed by atoms with E-state index in [1.807, 2.05) is 53.9 Å². The first kappa shape index (κ1) is 17.9. The summed E-state index contributed by atoms with van der Waals surface area (Å²) in [6.07, 6.45) is 2.92. The maximum atomic E-state index is 12.7. The van der Waals surface area contributed by atoms with E-state index < -0.39 is 0 Å². The highest BCUT2D eigenvalue weighted by molar-refractivity contribution is 7.11. The highest BCUT2D eigenvalue weighted by atomic mass is 32.1. The van der Waals surface area contributed by atoms with Crippen LogP contribution in [0.4, 0.5) is 0 Å². The van der Waals surface area contributed by atoms with Crippen LogP contribution in [-0.4, -0.2) is 50.2 Å². The van der Waals surface area contributed by atoms with Crippen molar-refractivity contribution < 1.29 is 9.53 Å². The molecular formula is C20H24N2O2S. The predicted molar refractivity (Wildman–Crippen MR) is 104 cm³/mol. The highest BCUT2D eigenvalue weighted by Crippen LogP contribution is 2.21. The second-order valence-electron chi connectivity index (χ2n) is 6.00. The molecule has 1 aromatic heterocycles. The number of rotatable bonds is 7. The molecule has 2 heterocycles. The van der Waals surface area contributed by atoms with Crippen LogP contribution in [0.2, 0.25) is 0 Å². The number of benzene rings is 1. The average Bonchev–Trinajstić information content (AvgIpc) is 3.18. The number of hydrogen-bond acceptors (Lipinski definition) is 4. The zero-order valence-electron chi connectivity index (χ0n) is 14.3. The number of morpholine rings is 1. The Morgan fingerprint density at radius 1 is 1.16 bits per heavy atom. The van der Waals surface area contributed by atoms with Gasteiger partial charge in [0.25, 0.3) is 5.91 Å². The Bertz CT molecular complexity index is 677. The van der Waals surface area contributed by atoms with Gasteiger partial charge in [0.1, 0.15) is 0 Å². The van der Waals surface area contributed by atoms with Crippen molar-refractivity contribution in [3.8, 4) is 0 Å². The van der Waals surface area contributed by atoms with Crippen LogP contribution < -0.4 is 5.32 Å². The van der Waals surface area contributed by atoms with Gasteiger partial charge >= 0.3 is 0 Å². The van der Waals surface area contributed by atoms with Crippen LogP contribution in [0, 0.1) is 0 Å². The third-order valence-corrected chi connectivity index (χ3v) is 5.02. The van der Waals surface area contributed by atoms with Crippen molar-refractivity contribution in [1.29, 1.82) is 0 Å². The van der Waals surface area contributed by atoms with Crippen molar-refractivity contribution in [2.45, 2.75) is 6.42 Å². The Kier molecular flexibility index (Phi) is 6.79. The monoisotopic (exact) mass is 356 g/mol. The number of carbonyl (C=O) groups excluding carboxylic acids is 1. The Labute approximate surface area is 153 Å². The van der Waals surface area contributed by atoms with E-state index in [4.69, 9.17) is 4.74 Å². The molecule has 5 heteroatoms. The van der Waals surface area contributed by atoms with E-state index in [-0.39, 0.29) is 5.91 Å². The van der Waals surface area contributed by atoms with Gasteiger partial charge in [-0.1, -0.05) is 36.4 Å². The van der Waals surface area contributed by atoms with E-state index >= 15 is 0 Å². The van der Waals surface area contributed by atoms with Gasteiger partial charge in [-0.3, -0.25) is 9.69 Å². The second kappa shape index (κ2) is 9.51. The summed E-state index contributed by atoms with van der Waals surface area (Å²) < 4.78 is 5.36. The molecule has 25 heavy (non-hydrogen) atoms. The molecule has 1 fully saturated rings. The molecule has 0 spiro atoms. The van der Waals surface area contributed by atoms with E-state index in [0.717, 1.165) is 55.3 Å². The van der Waals surface area contributed by atoms with E-state index in [1.165, 1.54) is 0 Å². The second-order valence-corrected chi connectivity index (χ2v) is 6.98. The lowest BCUT2D eigenvalue weighted by Gasteiger charge is -2.26. The van der Waals surface area contributed by atoms with Gasteiger partial charge < -0.3 is 10.1 Å². The topological polar surface area (TPSA) is 41.6 Å². The number of nitrogens with one attached hydrogen (secondary N) is 1. The summed E-state index contributed by atoms with van der Waals surface area (Å²) in [4.78, 5) is 16.2. The van der Waals surface area contributed by atoms with Crippen molar-refractivity contribution in [1.82, 2.24) is 10.2 Å². The molecule has 2 aromatic rings. The largest absolute Gasteiger partial charge is 0.379 e. The van der Waals surface area contributed by atoms with Crippen molar-refractivity contribution in [2.75, 3.05) is 39.4 Å². The summed E-state index contributed by atoms with van der Waals surface area (Å²) in [5.74, 6) is -0.0124. The lowest BCUT2D eigenvalue weighted by atomic mass is 10.0. The average molecular weight is 356 g/mol. The molecule has 1 aliphatic heterocycles. The molecule has 1 amide bonds. The molecule has 0 bridgehead atoms. The molecule has 4 nitrogen and oxygen atoms in total. The van der Waals surface area contributed by atoms with Crippen molar-refractivity contribution in [3.63, 3.8) is 0 Å². The Hall–Kier alpha value is -1.95. The van der Waals surface area contributed by atoms with Crippen LogP contribution in [0.25, 0.3) is 11.6 Å². The van der Waals surface area contributed by atoms with Crippen LogP contribution in [0.15, 0.2) is 47.8 Å². The quantitative estimate of drug-likeness (QED) is 0.612. The molecule has 1 N–H and O–H groups in total. The minimum absolute atomic E-state index is 0.0124. The molecule has 0 radical (unpaired) electrons. The standard InChI is InChI=1S/C20H24N2O2S/c23-20(21-9-5-10-22-11-13-24-14-12-22)19(16-18-8-4-15-25-18)17-6-2-1-3-7-17/h1-4,6-8,15-16H,5,9-14H2,(H,21,23). The van der Waals surface area contributed by atoms with Crippen LogP contribution in [0.3, 0.4) is 0 Å². The lowest BCUT2D eigenvalue weighted by molar-refractivity contribution is -0.115. The van der Waals surface area contributed by atoms with Crippen LogP contribution in [0.1, 0.15) is 16.9 Å². The first-order valence-electron chi connectivity index (χ1n) is 8.72. The molecule has 1 saturated heterocycles. The van der Waals surface area contributed by atoms with E-state index in [2.05, 4.69) is 10.2 Å². The normalized spacial score (nSPS) is 15.9. The first-order chi connectivity index (χ1) is 12.3. The van der Waals surface area contributed by atoms with Gasteiger partial charge in [0.05, 0.1) is 13.2 Å². The molecular weight excluding hydrogens is 332 g/mol. The Morgan fingerprint density at radius 3 is 2.68 bits per heavy atom. The van der Waals surface area contributed by atoms with Crippen molar-refractivity contribution in [3.05, 3.63) is 58.3 Å². The molecule has 0 saturated carbocycles. The predicted octanol–water partition coefficient (Wildman–Crippen LogP) is 3.13. The zero-order chi connectivity index (χ0) is 17.3. The van der Waals surface area contributed by atoms with Crippen LogP contribution in [-0.2, 0) is 9.53 Å². The first-order valence-corrected chi connectivity index (χ1v) is 9.60. The van der Waals surface area contributed by atoms with Crippen LogP contribution >= 0.6 is 11.3 Å². The maximum Gasteiger partial charge on any atom is 0.251 e. The van der Waals surface area contributed by atoms with Gasteiger partial charge in [0.2, 0.25) is 0 Å². The van der Waals surface area contributed by atoms with Gasteiger partial charge in [-0.05, 0) is 36.1 Å². The smallest absolute Gasteiger partial charge is 0.251 e. The van der Waals surface area contributed by atoms with E-state index in [9.17, 15) is 4.79 Å². The molecule has 0 atom stereocenters. The molecule has 132 valence electrons. The van der Waals surface area contributed by atoms with Crippen molar-refractivity contribution >= 4 is 28.9 Å². The number of carbonyl (C=O) groups is 1. The van der Waals surface area contributed by atoms with Gasteiger partial charge in [0.15, 0.2) is 0 Å². The molecule has 1 aliphatic rings. The molecule has 3 rings (SSSR count). The molecule has 0 unspecified atom stereocenters.